The van der Waals surface area contributed by atoms with Crippen LogP contribution in [0.3, 0.4) is 0 Å². The lowest BCUT2D eigenvalue weighted by molar-refractivity contribution is 1.37. The van der Waals surface area contributed by atoms with E-state index in [9.17, 15) is 0 Å². The van der Waals surface area contributed by atoms with Crippen LogP contribution in [0.2, 0.25) is 0 Å². The van der Waals surface area contributed by atoms with Gasteiger partial charge in [0.15, 0.2) is 0 Å². The van der Waals surface area contributed by atoms with Gasteiger partial charge in [-0.25, -0.2) is 4.98 Å². The summed E-state index contributed by atoms with van der Waals surface area (Å²) in [6.07, 6.45) is 5.55. The molecule has 0 aliphatic rings. The molecule has 0 unspecified atom stereocenters. The molecule has 4 heterocycles. The highest BCUT2D eigenvalue weighted by molar-refractivity contribution is 6.31. The van der Waals surface area contributed by atoms with Crippen LogP contribution >= 0.6 is 0 Å². The fourth-order valence-electron chi connectivity index (χ4n) is 8.26. The summed E-state index contributed by atoms with van der Waals surface area (Å²) in [5.74, 6) is 0. The molecule has 240 valence electrons. The summed E-state index contributed by atoms with van der Waals surface area (Å²) in [5, 5.41) is 11.7. The molecule has 0 saturated heterocycles. The summed E-state index contributed by atoms with van der Waals surface area (Å²) < 4.78 is 0. The minimum atomic E-state index is 0.906. The Hall–Kier alpha value is -7.04. The number of aromatic nitrogens is 4. The largest absolute Gasteiger partial charge is 0.256 e. The van der Waals surface area contributed by atoms with Crippen molar-refractivity contribution >= 4 is 75.9 Å². The third-order valence-corrected chi connectivity index (χ3v) is 10.6. The molecule has 0 bridgehead atoms. The molecule has 0 fully saturated rings. The first-order valence-electron chi connectivity index (χ1n) is 17.6. The van der Waals surface area contributed by atoms with Gasteiger partial charge in [0.05, 0.1) is 27.8 Å². The van der Waals surface area contributed by atoms with Crippen LogP contribution in [0.5, 0.6) is 0 Å². The van der Waals surface area contributed by atoms with Crippen LogP contribution in [0.4, 0.5) is 0 Å². The quantitative estimate of drug-likeness (QED) is 0.177. The fraction of sp³-hybridized carbons (Fsp3) is 0. The highest BCUT2D eigenvalue weighted by atomic mass is 14.7. The third kappa shape index (κ3) is 4.21. The number of benzene rings is 7. The highest BCUT2D eigenvalue weighted by Crippen LogP contribution is 2.42. The summed E-state index contributed by atoms with van der Waals surface area (Å²) in [7, 11) is 0. The Morgan fingerprint density at radius 2 is 0.827 bits per heavy atom. The molecule has 4 heteroatoms. The standard InChI is InChI=1S/C48H28N4/c1-3-13-36-33(11-1)34-12-2-5-15-39(34)47-43(36)37-14-4-6-16-40(37)44(52-47)30-21-19-29(20-22-30)32-23-24-35(38-17-8-26-50-46(32)38)42-28-31-10-7-25-49-45(31)48-41(42)18-9-27-51-48/h1-28H. The van der Waals surface area contributed by atoms with Crippen molar-refractivity contribution in [3.63, 3.8) is 0 Å². The van der Waals surface area contributed by atoms with Crippen LogP contribution in [0.1, 0.15) is 0 Å². The van der Waals surface area contributed by atoms with Crippen LogP contribution < -0.4 is 0 Å². The number of rotatable bonds is 3. The molecule has 0 aliphatic heterocycles. The molecule has 11 aromatic rings. The van der Waals surface area contributed by atoms with E-state index in [2.05, 4.69) is 138 Å². The van der Waals surface area contributed by atoms with Crippen LogP contribution in [0.25, 0.3) is 109 Å². The Bertz CT molecular complexity index is 3240. The van der Waals surface area contributed by atoms with Crippen molar-refractivity contribution < 1.29 is 0 Å². The molecule has 4 nitrogen and oxygen atoms in total. The molecule has 4 aromatic heterocycles. The summed E-state index contributed by atoms with van der Waals surface area (Å²) in [5.41, 5.74) is 10.3. The van der Waals surface area contributed by atoms with Crippen molar-refractivity contribution in [1.29, 1.82) is 0 Å². The van der Waals surface area contributed by atoms with E-state index in [1.807, 2.05) is 36.8 Å². The van der Waals surface area contributed by atoms with E-state index >= 15 is 0 Å². The SMILES string of the molecule is c1cnc2c(c1)cc(-c1ccc(-c3ccc(-c4nc5c6ccccc6c6ccccc6c5c5ccccc45)cc3)c3ncccc13)c1cccnc12. The molecule has 0 aliphatic carbocycles. The first-order chi connectivity index (χ1) is 25.8. The van der Waals surface area contributed by atoms with Gasteiger partial charge in [0.1, 0.15) is 0 Å². The summed E-state index contributed by atoms with van der Waals surface area (Å²) in [4.78, 5) is 19.9. The molecule has 0 atom stereocenters. The van der Waals surface area contributed by atoms with Gasteiger partial charge in [-0.2, -0.15) is 0 Å². The first kappa shape index (κ1) is 28.8. The minimum absolute atomic E-state index is 0.906. The van der Waals surface area contributed by atoms with E-state index < -0.39 is 0 Å². The van der Waals surface area contributed by atoms with Crippen LogP contribution in [-0.2, 0) is 0 Å². The number of hydrogen-bond donors (Lipinski definition) is 0. The number of fused-ring (bicyclic) bond motifs is 12. The van der Waals surface area contributed by atoms with Gasteiger partial charge in [-0.05, 0) is 62.5 Å². The Balaban J connectivity index is 1.09. The lowest BCUT2D eigenvalue weighted by Gasteiger charge is -2.16. The first-order valence-corrected chi connectivity index (χ1v) is 17.6. The van der Waals surface area contributed by atoms with E-state index in [0.717, 1.165) is 77.1 Å². The Morgan fingerprint density at radius 1 is 0.308 bits per heavy atom. The normalized spacial score (nSPS) is 11.8. The molecule has 0 radical (unpaired) electrons. The summed E-state index contributed by atoms with van der Waals surface area (Å²) >= 11 is 0. The van der Waals surface area contributed by atoms with Gasteiger partial charge in [0.25, 0.3) is 0 Å². The third-order valence-electron chi connectivity index (χ3n) is 10.6. The van der Waals surface area contributed by atoms with Crippen molar-refractivity contribution in [3.8, 4) is 33.5 Å². The van der Waals surface area contributed by atoms with Crippen molar-refractivity contribution in [1.82, 2.24) is 19.9 Å². The van der Waals surface area contributed by atoms with Crippen LogP contribution in [0, 0.1) is 0 Å². The predicted octanol–water partition coefficient (Wildman–Crippen LogP) is 12.3. The molecule has 52 heavy (non-hydrogen) atoms. The molecule has 0 amide bonds. The lowest BCUT2D eigenvalue weighted by atomic mass is 9.91. The second kappa shape index (κ2) is 11.2. The van der Waals surface area contributed by atoms with Crippen molar-refractivity contribution in [2.45, 2.75) is 0 Å². The van der Waals surface area contributed by atoms with Crippen LogP contribution in [-0.4, -0.2) is 19.9 Å². The van der Waals surface area contributed by atoms with Crippen molar-refractivity contribution in [2.24, 2.45) is 0 Å². The van der Waals surface area contributed by atoms with Gasteiger partial charge >= 0.3 is 0 Å². The van der Waals surface area contributed by atoms with Crippen LogP contribution in [0.15, 0.2) is 170 Å². The molecule has 0 spiro atoms. The maximum atomic E-state index is 5.47. The van der Waals surface area contributed by atoms with E-state index in [4.69, 9.17) is 15.0 Å². The average Bonchev–Trinajstić information content (AvgIpc) is 3.23. The van der Waals surface area contributed by atoms with E-state index in [-0.39, 0.29) is 0 Å². The maximum Gasteiger partial charge on any atom is 0.0970 e. The van der Waals surface area contributed by atoms with E-state index in [1.54, 1.807) is 0 Å². The topological polar surface area (TPSA) is 51.6 Å². The Morgan fingerprint density at radius 3 is 1.58 bits per heavy atom. The van der Waals surface area contributed by atoms with Gasteiger partial charge in [-0.1, -0.05) is 127 Å². The number of nitrogens with zero attached hydrogens (tertiary/aromatic N) is 4. The number of pyridine rings is 4. The molecule has 0 N–H and O–H groups in total. The van der Waals surface area contributed by atoms with E-state index in [0.29, 0.717) is 0 Å². The van der Waals surface area contributed by atoms with Gasteiger partial charge in [-0.15, -0.1) is 0 Å². The Kier molecular flexibility index (Phi) is 6.22. The van der Waals surface area contributed by atoms with Gasteiger partial charge < -0.3 is 0 Å². The second-order valence-electron chi connectivity index (χ2n) is 13.4. The fourth-order valence-corrected chi connectivity index (χ4v) is 8.26. The summed E-state index contributed by atoms with van der Waals surface area (Å²) in [6.45, 7) is 0. The van der Waals surface area contributed by atoms with Gasteiger partial charge in [0.2, 0.25) is 0 Å². The maximum absolute atomic E-state index is 5.47. The molecule has 7 aromatic carbocycles. The monoisotopic (exact) mass is 660 g/mol. The van der Waals surface area contributed by atoms with Gasteiger partial charge in [-0.3, -0.25) is 15.0 Å². The van der Waals surface area contributed by atoms with Crippen molar-refractivity contribution in [2.75, 3.05) is 0 Å². The number of hydrogen-bond acceptors (Lipinski definition) is 4. The van der Waals surface area contributed by atoms with E-state index in [1.165, 1.54) is 32.3 Å². The molecule has 0 saturated carbocycles. The smallest absolute Gasteiger partial charge is 0.0970 e. The second-order valence-corrected chi connectivity index (χ2v) is 13.4. The Labute approximate surface area is 298 Å². The average molecular weight is 661 g/mol. The van der Waals surface area contributed by atoms with Crippen molar-refractivity contribution in [3.05, 3.63) is 170 Å². The highest BCUT2D eigenvalue weighted by Gasteiger charge is 2.18. The van der Waals surface area contributed by atoms with Gasteiger partial charge in [0, 0.05) is 62.0 Å². The zero-order valence-corrected chi connectivity index (χ0v) is 28.0. The predicted molar refractivity (Wildman–Crippen MR) is 216 cm³/mol. The zero-order valence-electron chi connectivity index (χ0n) is 28.0. The molecular formula is C48H28N4. The lowest BCUT2D eigenvalue weighted by Crippen LogP contribution is -1.93. The minimum Gasteiger partial charge on any atom is -0.256 e. The zero-order chi connectivity index (χ0) is 34.2. The molecular weight excluding hydrogens is 633 g/mol. The molecule has 11 rings (SSSR count). The summed E-state index contributed by atoms with van der Waals surface area (Å²) in [6, 6.07) is 53.9.